The van der Waals surface area contributed by atoms with E-state index in [4.69, 9.17) is 0 Å². The summed E-state index contributed by atoms with van der Waals surface area (Å²) >= 11 is 0. The van der Waals surface area contributed by atoms with Crippen molar-refractivity contribution in [2.75, 3.05) is 0 Å². The quantitative estimate of drug-likeness (QED) is 0.675. The molecule has 0 atom stereocenters. The van der Waals surface area contributed by atoms with Crippen molar-refractivity contribution in [1.82, 2.24) is 20.0 Å². The predicted molar refractivity (Wildman–Crippen MR) is 52.9 cm³/mol. The molecule has 0 amide bonds. The lowest BCUT2D eigenvalue weighted by Gasteiger charge is -2.12. The first-order chi connectivity index (χ1) is 6.77. The van der Waals surface area contributed by atoms with Crippen LogP contribution in [0.4, 0.5) is 0 Å². The summed E-state index contributed by atoms with van der Waals surface area (Å²) in [6.45, 7) is 2.05. The van der Waals surface area contributed by atoms with Crippen LogP contribution in [0.3, 0.4) is 0 Å². The van der Waals surface area contributed by atoms with Crippen LogP contribution < -0.4 is 0 Å². The summed E-state index contributed by atoms with van der Waals surface area (Å²) in [7, 11) is 2.01. The summed E-state index contributed by atoms with van der Waals surface area (Å²) < 4.78 is 1.98. The molecule has 1 aliphatic carbocycles. The smallest absolute Gasteiger partial charge is 0.0719 e. The van der Waals surface area contributed by atoms with Crippen molar-refractivity contribution in [3.63, 3.8) is 0 Å². The van der Waals surface area contributed by atoms with E-state index in [9.17, 15) is 0 Å². The maximum Gasteiger partial charge on any atom is 0.0719 e. The van der Waals surface area contributed by atoms with Crippen molar-refractivity contribution in [2.45, 2.75) is 19.8 Å². The maximum absolute atomic E-state index is 4.44. The van der Waals surface area contributed by atoms with Crippen LogP contribution in [0, 0.1) is 6.92 Å². The van der Waals surface area contributed by atoms with Gasteiger partial charge in [0.2, 0.25) is 0 Å². The Balaban J connectivity index is 2.35. The van der Waals surface area contributed by atoms with E-state index in [1.54, 1.807) is 0 Å². The van der Waals surface area contributed by atoms with E-state index in [0.717, 1.165) is 24.2 Å². The molecule has 3 rings (SSSR count). The molecule has 2 aromatic heterocycles. The number of nitrogens with zero attached hydrogens (tertiary/aromatic N) is 3. The fourth-order valence-electron chi connectivity index (χ4n) is 2.29. The van der Waals surface area contributed by atoms with Gasteiger partial charge >= 0.3 is 0 Å². The Morgan fingerprint density at radius 3 is 3.14 bits per heavy atom. The summed E-state index contributed by atoms with van der Waals surface area (Å²) in [5, 5.41) is 11.6. The summed E-state index contributed by atoms with van der Waals surface area (Å²) in [6, 6.07) is 0. The Bertz CT molecular complexity index is 492. The lowest BCUT2D eigenvalue weighted by Crippen LogP contribution is -2.06. The standard InChI is InChI=1S/C10H12N4/c1-6-9-8(14(2)13-6)4-3-7-5-11-12-10(7)9/h5H,3-4H2,1-2H3,(H,11,12). The highest BCUT2D eigenvalue weighted by Crippen LogP contribution is 2.33. The Kier molecular flexibility index (Phi) is 1.37. The minimum absolute atomic E-state index is 1.07. The van der Waals surface area contributed by atoms with E-state index in [2.05, 4.69) is 22.2 Å². The molecule has 2 aromatic rings. The molecule has 0 radical (unpaired) electrons. The number of rotatable bonds is 0. The van der Waals surface area contributed by atoms with Crippen LogP contribution >= 0.6 is 0 Å². The van der Waals surface area contributed by atoms with Crippen molar-refractivity contribution < 1.29 is 0 Å². The van der Waals surface area contributed by atoms with Crippen LogP contribution in [0.15, 0.2) is 6.20 Å². The molecule has 4 nitrogen and oxygen atoms in total. The van der Waals surface area contributed by atoms with E-state index in [1.807, 2.05) is 17.9 Å². The van der Waals surface area contributed by atoms with E-state index in [1.165, 1.54) is 16.8 Å². The van der Waals surface area contributed by atoms with Gasteiger partial charge < -0.3 is 0 Å². The molecule has 0 fully saturated rings. The topological polar surface area (TPSA) is 46.5 Å². The van der Waals surface area contributed by atoms with Gasteiger partial charge in [0.1, 0.15) is 0 Å². The van der Waals surface area contributed by atoms with Gasteiger partial charge in [-0.25, -0.2) is 0 Å². The first-order valence-electron chi connectivity index (χ1n) is 4.82. The highest BCUT2D eigenvalue weighted by atomic mass is 15.3. The minimum Gasteiger partial charge on any atom is -0.277 e. The van der Waals surface area contributed by atoms with Gasteiger partial charge in [-0.1, -0.05) is 0 Å². The van der Waals surface area contributed by atoms with Crippen LogP contribution in [0.2, 0.25) is 0 Å². The number of hydrogen-bond donors (Lipinski definition) is 1. The Hall–Kier alpha value is -1.58. The third kappa shape index (κ3) is 0.828. The number of H-pyrrole nitrogens is 1. The second-order valence-corrected chi connectivity index (χ2v) is 3.80. The molecule has 72 valence electrons. The van der Waals surface area contributed by atoms with Gasteiger partial charge in [0.05, 0.1) is 17.6 Å². The average molecular weight is 188 g/mol. The second kappa shape index (κ2) is 2.47. The number of nitrogens with one attached hydrogen (secondary N) is 1. The Labute approximate surface area is 81.9 Å². The molecule has 1 aliphatic rings. The van der Waals surface area contributed by atoms with Gasteiger partial charge in [0.25, 0.3) is 0 Å². The molecule has 0 aliphatic heterocycles. The predicted octanol–water partition coefficient (Wildman–Crippen LogP) is 1.22. The molecule has 2 heterocycles. The first-order valence-corrected chi connectivity index (χ1v) is 4.82. The normalized spacial score (nSPS) is 13.9. The summed E-state index contributed by atoms with van der Waals surface area (Å²) in [6.07, 6.45) is 4.06. The van der Waals surface area contributed by atoms with Gasteiger partial charge in [-0.2, -0.15) is 10.2 Å². The molecule has 0 aromatic carbocycles. The van der Waals surface area contributed by atoms with Crippen LogP contribution in [-0.4, -0.2) is 20.0 Å². The molecule has 0 saturated heterocycles. The van der Waals surface area contributed by atoms with E-state index >= 15 is 0 Å². The highest BCUT2D eigenvalue weighted by molar-refractivity contribution is 5.70. The van der Waals surface area contributed by atoms with E-state index < -0.39 is 0 Å². The molecule has 0 saturated carbocycles. The van der Waals surface area contributed by atoms with E-state index in [-0.39, 0.29) is 0 Å². The maximum atomic E-state index is 4.44. The zero-order chi connectivity index (χ0) is 9.71. The second-order valence-electron chi connectivity index (χ2n) is 3.80. The van der Waals surface area contributed by atoms with Crippen molar-refractivity contribution in [1.29, 1.82) is 0 Å². The van der Waals surface area contributed by atoms with Crippen LogP contribution in [-0.2, 0) is 19.9 Å². The number of hydrogen-bond acceptors (Lipinski definition) is 2. The zero-order valence-electron chi connectivity index (χ0n) is 8.33. The summed E-state index contributed by atoms with van der Waals surface area (Å²) in [5.74, 6) is 0. The van der Waals surface area contributed by atoms with Crippen molar-refractivity contribution in [3.8, 4) is 11.3 Å². The monoisotopic (exact) mass is 188 g/mol. The van der Waals surface area contributed by atoms with Crippen molar-refractivity contribution in [3.05, 3.63) is 23.1 Å². The average Bonchev–Trinajstić information content (AvgIpc) is 2.71. The molecule has 0 bridgehead atoms. The minimum atomic E-state index is 1.07. The van der Waals surface area contributed by atoms with Gasteiger partial charge in [-0.15, -0.1) is 0 Å². The summed E-state index contributed by atoms with van der Waals surface area (Å²) in [4.78, 5) is 0. The molecular weight excluding hydrogens is 176 g/mol. The van der Waals surface area contributed by atoms with Gasteiger partial charge in [0, 0.05) is 18.3 Å². The number of aromatic nitrogens is 4. The third-order valence-corrected chi connectivity index (χ3v) is 2.94. The molecule has 14 heavy (non-hydrogen) atoms. The van der Waals surface area contributed by atoms with Gasteiger partial charge in [0.15, 0.2) is 0 Å². The molecular formula is C10H12N4. The van der Waals surface area contributed by atoms with E-state index in [0.29, 0.717) is 0 Å². The largest absolute Gasteiger partial charge is 0.277 e. The van der Waals surface area contributed by atoms with Crippen LogP contribution in [0.1, 0.15) is 17.0 Å². The number of aromatic amines is 1. The van der Waals surface area contributed by atoms with Crippen molar-refractivity contribution in [2.24, 2.45) is 7.05 Å². The van der Waals surface area contributed by atoms with Crippen LogP contribution in [0.25, 0.3) is 11.3 Å². The van der Waals surface area contributed by atoms with Crippen molar-refractivity contribution >= 4 is 0 Å². The SMILES string of the molecule is Cc1nn(C)c2c1-c1[nH]ncc1CC2. The lowest BCUT2D eigenvalue weighted by atomic mass is 9.94. The highest BCUT2D eigenvalue weighted by Gasteiger charge is 2.23. The fraction of sp³-hybridized carbons (Fsp3) is 0.400. The Morgan fingerprint density at radius 1 is 1.43 bits per heavy atom. The Morgan fingerprint density at radius 2 is 2.29 bits per heavy atom. The molecule has 0 unspecified atom stereocenters. The third-order valence-electron chi connectivity index (χ3n) is 2.94. The lowest BCUT2D eigenvalue weighted by molar-refractivity contribution is 0.695. The first kappa shape index (κ1) is 7.79. The van der Waals surface area contributed by atoms with Gasteiger partial charge in [-0.3, -0.25) is 9.78 Å². The molecule has 4 heteroatoms. The number of aryl methyl sites for hydroxylation is 3. The fourth-order valence-corrected chi connectivity index (χ4v) is 2.29. The molecule has 0 spiro atoms. The summed E-state index contributed by atoms with van der Waals surface area (Å²) in [5.41, 5.74) is 6.14. The number of fused-ring (bicyclic) bond motifs is 3. The van der Waals surface area contributed by atoms with Crippen LogP contribution in [0.5, 0.6) is 0 Å². The zero-order valence-corrected chi connectivity index (χ0v) is 8.33. The van der Waals surface area contributed by atoms with Gasteiger partial charge in [-0.05, 0) is 25.3 Å². The molecule has 1 N–H and O–H groups in total.